The van der Waals surface area contributed by atoms with Gasteiger partial charge in [0.15, 0.2) is 0 Å². The summed E-state index contributed by atoms with van der Waals surface area (Å²) in [4.78, 5) is 40.2. The summed E-state index contributed by atoms with van der Waals surface area (Å²) in [5, 5.41) is 11.9. The van der Waals surface area contributed by atoms with Crippen molar-refractivity contribution in [3.63, 3.8) is 0 Å². The monoisotopic (exact) mass is 499 g/mol. The third-order valence-corrected chi connectivity index (χ3v) is 7.20. The van der Waals surface area contributed by atoms with Gasteiger partial charge in [-0.15, -0.1) is 0 Å². The summed E-state index contributed by atoms with van der Waals surface area (Å²) in [6, 6.07) is 12.7. The molecule has 0 spiro atoms. The van der Waals surface area contributed by atoms with E-state index in [9.17, 15) is 19.7 Å². The van der Waals surface area contributed by atoms with E-state index in [-0.39, 0.29) is 23.6 Å². The number of benzene rings is 1. The number of carbonyl (C=O) groups is 1. The van der Waals surface area contributed by atoms with Crippen molar-refractivity contribution in [1.29, 1.82) is 0 Å². The Morgan fingerprint density at radius 3 is 2.51 bits per heavy atom. The molecule has 2 aliphatic rings. The molecule has 10 nitrogen and oxygen atoms in total. The van der Waals surface area contributed by atoms with E-state index in [1.807, 2.05) is 4.90 Å². The van der Waals surface area contributed by atoms with Crippen LogP contribution in [0.15, 0.2) is 59.5 Å². The maximum Gasteiger partial charge on any atom is 0.414 e. The van der Waals surface area contributed by atoms with Crippen LogP contribution in [-0.4, -0.2) is 54.4 Å². The fourth-order valence-corrected chi connectivity index (χ4v) is 5.20. The van der Waals surface area contributed by atoms with E-state index < -0.39 is 22.9 Å². The number of aromatic nitrogens is 1. The summed E-state index contributed by atoms with van der Waals surface area (Å²) in [6.07, 6.45) is 0.531. The minimum Gasteiger partial charge on any atom is -0.442 e. The summed E-state index contributed by atoms with van der Waals surface area (Å²) < 4.78 is 21.9. The van der Waals surface area contributed by atoms with Gasteiger partial charge in [0.05, 0.1) is 34.4 Å². The van der Waals surface area contributed by atoms with E-state index in [0.29, 0.717) is 37.6 Å². The number of anilines is 3. The van der Waals surface area contributed by atoms with Crippen molar-refractivity contribution < 1.29 is 18.8 Å². The molecule has 1 amide bonds. The van der Waals surface area contributed by atoms with E-state index in [0.717, 1.165) is 16.3 Å². The second kappa shape index (κ2) is 9.37. The fraction of sp³-hybridized carbons (Fsp3) is 0.304. The number of thiophene rings is 1. The van der Waals surface area contributed by atoms with Gasteiger partial charge in [0, 0.05) is 44.5 Å². The Balaban J connectivity index is 1.23. The van der Waals surface area contributed by atoms with Crippen molar-refractivity contribution in [2.24, 2.45) is 0 Å². The SMILES string of the molecule is O=C1O[C@@H](Cn2ccccc2=O)CN1c1ccc(N2CCN(c3ccc([N+](=O)[O-])s3)CC2)c(F)c1. The zero-order chi connectivity index (χ0) is 24.5. The number of carbonyl (C=O) groups excluding carboxylic acids is 1. The zero-order valence-corrected chi connectivity index (χ0v) is 19.4. The Morgan fingerprint density at radius 2 is 1.83 bits per heavy atom. The van der Waals surface area contributed by atoms with Crippen LogP contribution in [0.5, 0.6) is 0 Å². The van der Waals surface area contributed by atoms with Crippen LogP contribution >= 0.6 is 11.3 Å². The maximum atomic E-state index is 15.1. The molecule has 0 bridgehead atoms. The van der Waals surface area contributed by atoms with Gasteiger partial charge in [-0.05, 0) is 41.7 Å². The number of nitrogens with zero attached hydrogens (tertiary/aromatic N) is 5. The Hall–Kier alpha value is -3.93. The average Bonchev–Trinajstić information content (AvgIpc) is 3.48. The third-order valence-electron chi connectivity index (χ3n) is 6.11. The first-order chi connectivity index (χ1) is 16.9. The number of amides is 1. The van der Waals surface area contributed by atoms with Crippen LogP contribution in [0.1, 0.15) is 0 Å². The van der Waals surface area contributed by atoms with Gasteiger partial charge < -0.3 is 19.1 Å². The lowest BCUT2D eigenvalue weighted by Crippen LogP contribution is -2.46. The molecule has 1 aromatic carbocycles. The first-order valence-corrected chi connectivity index (χ1v) is 11.9. The molecule has 35 heavy (non-hydrogen) atoms. The predicted molar refractivity (Wildman–Crippen MR) is 130 cm³/mol. The fourth-order valence-electron chi connectivity index (χ4n) is 4.33. The normalized spacial score (nSPS) is 18.1. The molecule has 12 heteroatoms. The van der Waals surface area contributed by atoms with Gasteiger partial charge in [-0.25, -0.2) is 9.18 Å². The molecular formula is C23H22FN5O5S. The second-order valence-corrected chi connectivity index (χ2v) is 9.33. The van der Waals surface area contributed by atoms with Gasteiger partial charge in [0.1, 0.15) is 11.9 Å². The first kappa shape index (κ1) is 22.8. The highest BCUT2D eigenvalue weighted by molar-refractivity contribution is 7.19. The molecule has 0 aliphatic carbocycles. The van der Waals surface area contributed by atoms with Crippen LogP contribution < -0.4 is 20.3 Å². The highest BCUT2D eigenvalue weighted by atomic mass is 32.1. The molecule has 2 aromatic heterocycles. The molecule has 0 unspecified atom stereocenters. The quantitative estimate of drug-likeness (QED) is 0.379. The topological polar surface area (TPSA) is 101 Å². The number of piperazine rings is 1. The van der Waals surface area contributed by atoms with Crippen LogP contribution in [0.25, 0.3) is 0 Å². The number of ether oxygens (including phenoxy) is 1. The minimum atomic E-state index is -0.579. The molecule has 3 aromatic rings. The van der Waals surface area contributed by atoms with Gasteiger partial charge in [0.25, 0.3) is 5.56 Å². The van der Waals surface area contributed by atoms with E-state index in [1.165, 1.54) is 27.7 Å². The zero-order valence-electron chi connectivity index (χ0n) is 18.6. The van der Waals surface area contributed by atoms with Crippen molar-refractivity contribution in [3.05, 3.63) is 81.0 Å². The Morgan fingerprint density at radius 1 is 1.06 bits per heavy atom. The van der Waals surface area contributed by atoms with Crippen LogP contribution in [-0.2, 0) is 11.3 Å². The number of hydrogen-bond acceptors (Lipinski definition) is 8. The minimum absolute atomic E-state index is 0.0996. The summed E-state index contributed by atoms with van der Waals surface area (Å²) in [6.45, 7) is 2.77. The largest absolute Gasteiger partial charge is 0.442 e. The molecule has 2 aliphatic heterocycles. The lowest BCUT2D eigenvalue weighted by molar-refractivity contribution is -0.380. The predicted octanol–water partition coefficient (Wildman–Crippen LogP) is 3.31. The molecule has 4 heterocycles. The third kappa shape index (κ3) is 4.69. The molecule has 2 saturated heterocycles. The lowest BCUT2D eigenvalue weighted by atomic mass is 10.2. The Labute approximate surface area is 203 Å². The van der Waals surface area contributed by atoms with E-state index >= 15 is 4.39 Å². The number of nitro groups is 1. The van der Waals surface area contributed by atoms with Crippen LogP contribution in [0, 0.1) is 15.9 Å². The highest BCUT2D eigenvalue weighted by Crippen LogP contribution is 2.33. The van der Waals surface area contributed by atoms with Crippen LogP contribution in [0.3, 0.4) is 0 Å². The number of rotatable bonds is 6. The molecule has 0 N–H and O–H groups in total. The molecule has 0 saturated carbocycles. The Bertz CT molecular complexity index is 1320. The average molecular weight is 500 g/mol. The van der Waals surface area contributed by atoms with Crippen LogP contribution in [0.4, 0.5) is 30.6 Å². The van der Waals surface area contributed by atoms with Gasteiger partial charge in [-0.2, -0.15) is 0 Å². The number of pyridine rings is 1. The van der Waals surface area contributed by atoms with E-state index in [1.54, 1.807) is 36.5 Å². The van der Waals surface area contributed by atoms with Crippen molar-refractivity contribution >= 4 is 38.8 Å². The summed E-state index contributed by atoms with van der Waals surface area (Å²) in [5.41, 5.74) is 0.643. The van der Waals surface area contributed by atoms with E-state index in [4.69, 9.17) is 4.74 Å². The van der Waals surface area contributed by atoms with Crippen molar-refractivity contribution in [1.82, 2.24) is 4.57 Å². The number of halogens is 1. The second-order valence-electron chi connectivity index (χ2n) is 8.29. The number of hydrogen-bond donors (Lipinski definition) is 0. The molecular weight excluding hydrogens is 477 g/mol. The molecule has 2 fully saturated rings. The maximum absolute atomic E-state index is 15.1. The van der Waals surface area contributed by atoms with Crippen molar-refractivity contribution in [3.8, 4) is 0 Å². The number of cyclic esters (lactones) is 1. The highest BCUT2D eigenvalue weighted by Gasteiger charge is 2.33. The van der Waals surface area contributed by atoms with Gasteiger partial charge >= 0.3 is 11.1 Å². The summed E-state index contributed by atoms with van der Waals surface area (Å²) in [5.74, 6) is -0.446. The summed E-state index contributed by atoms with van der Waals surface area (Å²) >= 11 is 1.13. The van der Waals surface area contributed by atoms with Crippen molar-refractivity contribution in [2.75, 3.05) is 47.4 Å². The standard InChI is InChI=1S/C23H22FN5O5S/c24-18-13-16(28-15-17(34-23(28)31)14-27-8-2-1-3-20(27)30)4-5-19(18)25-9-11-26(12-10-25)21-6-7-22(35-21)29(32)33/h1-8,13,17H,9-12,14-15H2/t17-/m0/s1. The van der Waals surface area contributed by atoms with Gasteiger partial charge in [0.2, 0.25) is 0 Å². The molecule has 5 rings (SSSR count). The van der Waals surface area contributed by atoms with Gasteiger partial charge in [-0.3, -0.25) is 19.8 Å². The van der Waals surface area contributed by atoms with Crippen molar-refractivity contribution in [2.45, 2.75) is 12.6 Å². The van der Waals surface area contributed by atoms with Crippen LogP contribution in [0.2, 0.25) is 0 Å². The lowest BCUT2D eigenvalue weighted by Gasteiger charge is -2.36. The smallest absolute Gasteiger partial charge is 0.414 e. The molecule has 0 radical (unpaired) electrons. The van der Waals surface area contributed by atoms with Gasteiger partial charge in [-0.1, -0.05) is 6.07 Å². The molecule has 182 valence electrons. The molecule has 1 atom stereocenters. The summed E-state index contributed by atoms with van der Waals surface area (Å²) in [7, 11) is 0. The van der Waals surface area contributed by atoms with E-state index in [2.05, 4.69) is 4.90 Å². The Kier molecular flexibility index (Phi) is 6.12. The first-order valence-electron chi connectivity index (χ1n) is 11.1.